The molecule has 1 aliphatic heterocycles. The highest BCUT2D eigenvalue weighted by Gasteiger charge is 2.63. The maximum atomic E-state index is 6.42. The number of hydrogen-bond acceptors (Lipinski definition) is 6. The molecule has 0 aromatic heterocycles. The second-order valence-electron chi connectivity index (χ2n) is 5.99. The number of ether oxygens (including phenoxy) is 3. The number of methoxy groups -OCH3 is 3. The van der Waals surface area contributed by atoms with Crippen LogP contribution in [0.25, 0.3) is 0 Å². The van der Waals surface area contributed by atoms with Crippen molar-refractivity contribution in [2.75, 3.05) is 21.3 Å². The first-order valence-electron chi connectivity index (χ1n) is 7.25. The Morgan fingerprint density at radius 2 is 0.762 bits per heavy atom. The van der Waals surface area contributed by atoms with Crippen molar-refractivity contribution in [3.8, 4) is 0 Å². The van der Waals surface area contributed by atoms with Crippen molar-refractivity contribution in [3.63, 3.8) is 0 Å². The molecule has 9 heteroatoms. The molecule has 0 bridgehead atoms. The highest BCUT2D eigenvalue weighted by atomic mass is 28.5. The van der Waals surface area contributed by atoms with Crippen LogP contribution in [0.2, 0.25) is 19.6 Å². The Balaban J connectivity index is 3.22. The smallest absolute Gasteiger partial charge is 0.347 e. The Morgan fingerprint density at radius 1 is 0.571 bits per heavy atom. The summed E-state index contributed by atoms with van der Waals surface area (Å²) in [6, 6.07) is 0. The molecule has 1 aliphatic rings. The van der Waals surface area contributed by atoms with Gasteiger partial charge in [0.25, 0.3) is 0 Å². The molecular weight excluding hydrogens is 324 g/mol. The van der Waals surface area contributed by atoms with Gasteiger partial charge in [-0.2, -0.15) is 0 Å². The lowest BCUT2D eigenvalue weighted by atomic mass is 10.9. The molecule has 0 aromatic carbocycles. The van der Waals surface area contributed by atoms with Gasteiger partial charge in [-0.1, -0.05) is 0 Å². The fourth-order valence-electron chi connectivity index (χ4n) is 2.41. The highest BCUT2D eigenvalue weighted by Crippen LogP contribution is 2.37. The second kappa shape index (κ2) is 6.89. The van der Waals surface area contributed by atoms with Crippen LogP contribution in [0.1, 0.15) is 20.8 Å². The predicted octanol–water partition coefficient (Wildman–Crippen LogP) is 1.99. The maximum Gasteiger partial charge on any atom is 0.347 e. The van der Waals surface area contributed by atoms with E-state index < -0.39 is 25.7 Å². The summed E-state index contributed by atoms with van der Waals surface area (Å²) in [6.45, 7) is 12.1. The van der Waals surface area contributed by atoms with E-state index in [1.54, 1.807) is 21.3 Å². The Kier molecular flexibility index (Phi) is 6.38. The van der Waals surface area contributed by atoms with Crippen molar-refractivity contribution in [2.24, 2.45) is 0 Å². The van der Waals surface area contributed by atoms with Crippen LogP contribution in [-0.4, -0.2) is 64.2 Å². The Morgan fingerprint density at radius 3 is 0.905 bits per heavy atom. The van der Waals surface area contributed by atoms with Crippen LogP contribution in [0.3, 0.4) is 0 Å². The molecule has 0 amide bonds. The monoisotopic (exact) mass is 354 g/mol. The summed E-state index contributed by atoms with van der Waals surface area (Å²) in [4.78, 5) is 0. The molecule has 0 spiro atoms. The molecule has 0 radical (unpaired) electrons. The van der Waals surface area contributed by atoms with E-state index in [1.165, 1.54) is 0 Å². The third-order valence-electron chi connectivity index (χ3n) is 4.49. The lowest BCUT2D eigenvalue weighted by molar-refractivity contribution is 0.0646. The molecule has 3 atom stereocenters. The molecule has 1 fully saturated rings. The molecule has 1 saturated heterocycles. The van der Waals surface area contributed by atoms with E-state index in [0.717, 1.165) is 0 Å². The molecule has 21 heavy (non-hydrogen) atoms. The first-order chi connectivity index (χ1) is 9.57. The van der Waals surface area contributed by atoms with Crippen LogP contribution in [0, 0.1) is 0 Å². The van der Waals surface area contributed by atoms with Crippen molar-refractivity contribution in [1.82, 2.24) is 0 Å². The molecule has 0 saturated carbocycles. The van der Waals surface area contributed by atoms with Gasteiger partial charge in [0.05, 0.1) is 17.2 Å². The third-order valence-corrected chi connectivity index (χ3v) is 19.4. The van der Waals surface area contributed by atoms with Crippen LogP contribution >= 0.6 is 0 Å². The van der Waals surface area contributed by atoms with E-state index in [9.17, 15) is 0 Å². The molecule has 3 unspecified atom stereocenters. The lowest BCUT2D eigenvalue weighted by Gasteiger charge is -2.53. The molecule has 1 rings (SSSR count). The summed E-state index contributed by atoms with van der Waals surface area (Å²) < 4.78 is 35.8. The number of hydrogen-bond donors (Lipinski definition) is 0. The molecule has 0 N–H and O–H groups in total. The van der Waals surface area contributed by atoms with Crippen LogP contribution < -0.4 is 0 Å². The van der Waals surface area contributed by atoms with Gasteiger partial charge in [0, 0.05) is 21.3 Å². The molecule has 1 heterocycles. The van der Waals surface area contributed by atoms with Crippen LogP contribution in [0.15, 0.2) is 0 Å². The lowest BCUT2D eigenvalue weighted by Crippen LogP contribution is -2.76. The summed E-state index contributed by atoms with van der Waals surface area (Å²) in [7, 11) is -2.61. The maximum absolute atomic E-state index is 6.42. The van der Waals surface area contributed by atoms with Crippen molar-refractivity contribution in [2.45, 2.75) is 57.6 Å². The summed E-state index contributed by atoms with van der Waals surface area (Å²) in [5, 5.41) is 0. The quantitative estimate of drug-likeness (QED) is 0.680. The number of rotatable bonds is 6. The zero-order chi connectivity index (χ0) is 16.5. The first-order valence-corrected chi connectivity index (χ1v) is 14.4. The average Bonchev–Trinajstić information content (AvgIpc) is 2.42. The zero-order valence-electron chi connectivity index (χ0n) is 14.7. The predicted molar refractivity (Wildman–Crippen MR) is 87.5 cm³/mol. The van der Waals surface area contributed by atoms with E-state index in [4.69, 9.17) is 26.6 Å². The van der Waals surface area contributed by atoms with Crippen molar-refractivity contribution in [3.05, 3.63) is 0 Å². The Bertz CT molecular complexity index is 298. The minimum atomic E-state index is -2.55. The van der Waals surface area contributed by atoms with Gasteiger partial charge < -0.3 is 26.6 Å². The highest BCUT2D eigenvalue weighted by molar-refractivity contribution is 6.94. The van der Waals surface area contributed by atoms with Gasteiger partial charge in [-0.3, -0.25) is 0 Å². The van der Waals surface area contributed by atoms with Crippen LogP contribution in [0.4, 0.5) is 0 Å². The summed E-state index contributed by atoms with van der Waals surface area (Å²) in [6.07, 6.45) is 0. The Hall–Kier alpha value is 0.411. The normalized spacial score (nSPS) is 41.6. The summed E-state index contributed by atoms with van der Waals surface area (Å²) >= 11 is 0. The van der Waals surface area contributed by atoms with Gasteiger partial charge in [0.15, 0.2) is 0 Å². The van der Waals surface area contributed by atoms with Crippen molar-refractivity contribution < 1.29 is 26.6 Å². The van der Waals surface area contributed by atoms with E-state index in [-0.39, 0.29) is 17.2 Å². The molecule has 126 valence electrons. The van der Waals surface area contributed by atoms with Crippen molar-refractivity contribution in [1.29, 1.82) is 0 Å². The van der Waals surface area contributed by atoms with Gasteiger partial charge in [0.1, 0.15) is 0 Å². The SMILES string of the molecule is COC(C)[Si]1(C)O[Si](C)(C(C)OC)O[Si](C)(C(C)OC)O1. The zero-order valence-corrected chi connectivity index (χ0v) is 17.7. The van der Waals surface area contributed by atoms with E-state index in [2.05, 4.69) is 0 Å². The molecular formula is C12H30O6Si3. The van der Waals surface area contributed by atoms with Gasteiger partial charge in [-0.25, -0.2) is 0 Å². The first kappa shape index (κ1) is 19.5. The van der Waals surface area contributed by atoms with Gasteiger partial charge in [-0.15, -0.1) is 0 Å². The van der Waals surface area contributed by atoms with Gasteiger partial charge in [-0.05, 0) is 40.4 Å². The molecule has 6 nitrogen and oxygen atoms in total. The van der Waals surface area contributed by atoms with E-state index >= 15 is 0 Å². The Labute approximate surface area is 131 Å². The topological polar surface area (TPSA) is 55.4 Å². The average molecular weight is 355 g/mol. The molecule has 0 aromatic rings. The largest absolute Gasteiger partial charge is 0.413 e. The fraction of sp³-hybridized carbons (Fsp3) is 1.00. The summed E-state index contributed by atoms with van der Waals surface area (Å²) in [5.74, 6) is 0. The van der Waals surface area contributed by atoms with Gasteiger partial charge >= 0.3 is 25.7 Å². The minimum absolute atomic E-state index is 0.0897. The minimum Gasteiger partial charge on any atom is -0.413 e. The van der Waals surface area contributed by atoms with Gasteiger partial charge in [0.2, 0.25) is 0 Å². The second-order valence-corrected chi connectivity index (χ2v) is 17.0. The molecule has 0 aliphatic carbocycles. The van der Waals surface area contributed by atoms with E-state index in [0.29, 0.717) is 0 Å². The standard InChI is InChI=1S/C12H30O6Si3/c1-10(13-4)19(7)16-20(8,11(2)14-5)18-21(9,17-19)12(3)15-6/h10-12H,1-9H3. The van der Waals surface area contributed by atoms with E-state index in [1.807, 2.05) is 40.4 Å². The fourth-order valence-corrected chi connectivity index (χ4v) is 19.0. The van der Waals surface area contributed by atoms with Crippen LogP contribution in [0.5, 0.6) is 0 Å². The van der Waals surface area contributed by atoms with Crippen LogP contribution in [-0.2, 0) is 26.6 Å². The van der Waals surface area contributed by atoms with Crippen molar-refractivity contribution >= 4 is 25.7 Å². The third kappa shape index (κ3) is 3.85. The summed E-state index contributed by atoms with van der Waals surface area (Å²) in [5.41, 5.74) is -0.269.